The minimum atomic E-state index is -0.581. The molecule has 0 aromatic carbocycles. The Morgan fingerprint density at radius 3 is 3.00 bits per heavy atom. The molecule has 0 spiro atoms. The minimum Gasteiger partial charge on any atom is -0.347 e. The fourth-order valence-corrected chi connectivity index (χ4v) is 2.73. The minimum absolute atomic E-state index is 0.00963. The van der Waals surface area contributed by atoms with Crippen molar-refractivity contribution >= 4 is 29.1 Å². The number of fused-ring (bicyclic) bond motifs is 1. The zero-order chi connectivity index (χ0) is 14.3. The molecule has 20 heavy (non-hydrogen) atoms. The highest BCUT2D eigenvalue weighted by Crippen LogP contribution is 2.32. The summed E-state index contributed by atoms with van der Waals surface area (Å²) in [7, 11) is 0. The number of hydrogen-bond donors (Lipinski definition) is 1. The first-order valence-electron chi connectivity index (χ1n) is 6.02. The molecule has 1 aromatic rings. The third kappa shape index (κ3) is 1.99. The van der Waals surface area contributed by atoms with E-state index in [-0.39, 0.29) is 28.7 Å². The van der Waals surface area contributed by atoms with Crippen LogP contribution < -0.4 is 10.2 Å². The van der Waals surface area contributed by atoms with Crippen molar-refractivity contribution in [2.75, 3.05) is 31.1 Å². The number of carbonyl (C=O) groups is 1. The number of aromatic nitrogens is 2. The molecule has 1 aromatic heterocycles. The van der Waals surface area contributed by atoms with Crippen molar-refractivity contribution in [2.45, 2.75) is 6.04 Å². The van der Waals surface area contributed by atoms with Gasteiger partial charge < -0.3 is 15.1 Å². The lowest BCUT2D eigenvalue weighted by Crippen LogP contribution is -2.52. The smallest absolute Gasteiger partial charge is 0.347 e. The Labute approximate surface area is 118 Å². The molecule has 0 aliphatic carbocycles. The van der Waals surface area contributed by atoms with Crippen LogP contribution in [0.5, 0.6) is 0 Å². The normalized spacial score (nSPS) is 21.6. The Morgan fingerprint density at radius 2 is 2.25 bits per heavy atom. The molecule has 10 heteroatoms. The molecule has 2 fully saturated rings. The second kappa shape index (κ2) is 4.75. The van der Waals surface area contributed by atoms with Gasteiger partial charge in [0.05, 0.1) is 11.0 Å². The number of nitrogens with one attached hydrogen (secondary N) is 1. The highest BCUT2D eigenvalue weighted by molar-refractivity contribution is 6.31. The summed E-state index contributed by atoms with van der Waals surface area (Å²) in [6, 6.07) is -0.102. The fraction of sp³-hybridized carbons (Fsp3) is 0.500. The first-order chi connectivity index (χ1) is 9.58. The van der Waals surface area contributed by atoms with Crippen LogP contribution in [0.4, 0.5) is 16.3 Å². The van der Waals surface area contributed by atoms with Crippen molar-refractivity contribution in [3.05, 3.63) is 21.6 Å². The predicted octanol–water partition coefficient (Wildman–Crippen LogP) is 0.252. The van der Waals surface area contributed by atoms with Crippen molar-refractivity contribution in [3.63, 3.8) is 0 Å². The number of hydrogen-bond acceptors (Lipinski definition) is 6. The number of nitrogens with zero attached hydrogens (tertiary/aromatic N) is 5. The lowest BCUT2D eigenvalue weighted by Gasteiger charge is -2.36. The number of piperazine rings is 1. The zero-order valence-electron chi connectivity index (χ0n) is 10.3. The highest BCUT2D eigenvalue weighted by atomic mass is 35.5. The highest BCUT2D eigenvalue weighted by Gasteiger charge is 2.38. The number of amides is 2. The molecule has 1 unspecified atom stereocenters. The van der Waals surface area contributed by atoms with Crippen LogP contribution in [0.25, 0.3) is 0 Å². The van der Waals surface area contributed by atoms with Crippen LogP contribution in [-0.4, -0.2) is 58.0 Å². The molecule has 0 bridgehead atoms. The van der Waals surface area contributed by atoms with E-state index in [2.05, 4.69) is 15.3 Å². The molecule has 2 aliphatic heterocycles. The van der Waals surface area contributed by atoms with Crippen molar-refractivity contribution in [1.82, 2.24) is 20.2 Å². The lowest BCUT2D eigenvalue weighted by atomic mass is 10.2. The molecule has 0 radical (unpaired) electrons. The average Bonchev–Trinajstić information content (AvgIpc) is 2.79. The number of rotatable bonds is 2. The lowest BCUT2D eigenvalue weighted by molar-refractivity contribution is -0.384. The van der Waals surface area contributed by atoms with Crippen molar-refractivity contribution < 1.29 is 9.72 Å². The van der Waals surface area contributed by atoms with Gasteiger partial charge in [-0.05, 0) is 0 Å². The Bertz CT molecular complexity index is 582. The summed E-state index contributed by atoms with van der Waals surface area (Å²) in [6.07, 6.45) is 1.20. The number of nitro groups is 1. The van der Waals surface area contributed by atoms with Gasteiger partial charge >= 0.3 is 11.7 Å². The van der Waals surface area contributed by atoms with Gasteiger partial charge in [0.25, 0.3) is 0 Å². The van der Waals surface area contributed by atoms with E-state index in [0.717, 1.165) is 0 Å². The molecule has 9 nitrogen and oxygen atoms in total. The Kier molecular flexibility index (Phi) is 3.05. The van der Waals surface area contributed by atoms with Gasteiger partial charge in [-0.3, -0.25) is 10.1 Å². The quantitative estimate of drug-likeness (QED) is 0.477. The van der Waals surface area contributed by atoms with Crippen molar-refractivity contribution in [3.8, 4) is 0 Å². The maximum Gasteiger partial charge on any atom is 0.348 e. The molecule has 2 aliphatic rings. The molecular formula is C10H11ClN6O3. The maximum atomic E-state index is 11.5. The fourth-order valence-electron chi connectivity index (χ4n) is 2.53. The van der Waals surface area contributed by atoms with Gasteiger partial charge in [0.2, 0.25) is 11.0 Å². The number of urea groups is 1. The molecule has 0 saturated carbocycles. The summed E-state index contributed by atoms with van der Waals surface area (Å²) >= 11 is 5.78. The summed E-state index contributed by atoms with van der Waals surface area (Å²) in [5.41, 5.74) is -0.292. The SMILES string of the molecule is O=C1NCC2CN(c3ncnc(Cl)c3[N+](=O)[O-])CCN12. The average molecular weight is 299 g/mol. The van der Waals surface area contributed by atoms with E-state index in [1.165, 1.54) is 6.33 Å². The Morgan fingerprint density at radius 1 is 1.45 bits per heavy atom. The van der Waals surface area contributed by atoms with E-state index >= 15 is 0 Å². The summed E-state index contributed by atoms with van der Waals surface area (Å²) in [6.45, 7) is 1.97. The largest absolute Gasteiger partial charge is 0.348 e. The van der Waals surface area contributed by atoms with E-state index in [9.17, 15) is 14.9 Å². The zero-order valence-corrected chi connectivity index (χ0v) is 11.1. The van der Waals surface area contributed by atoms with Crippen LogP contribution in [-0.2, 0) is 0 Å². The van der Waals surface area contributed by atoms with Gasteiger partial charge in [0.1, 0.15) is 6.33 Å². The first-order valence-corrected chi connectivity index (χ1v) is 6.40. The van der Waals surface area contributed by atoms with Gasteiger partial charge in [0.15, 0.2) is 0 Å². The topological polar surface area (TPSA) is 104 Å². The number of carbonyl (C=O) groups excluding carboxylic acids is 1. The van der Waals surface area contributed by atoms with Crippen LogP contribution in [0.1, 0.15) is 0 Å². The van der Waals surface area contributed by atoms with Crippen LogP contribution in [0.3, 0.4) is 0 Å². The molecule has 106 valence electrons. The van der Waals surface area contributed by atoms with E-state index in [0.29, 0.717) is 26.2 Å². The molecule has 2 amide bonds. The Balaban J connectivity index is 1.89. The van der Waals surface area contributed by atoms with Crippen molar-refractivity contribution in [1.29, 1.82) is 0 Å². The van der Waals surface area contributed by atoms with Crippen LogP contribution in [0.2, 0.25) is 5.15 Å². The van der Waals surface area contributed by atoms with Crippen molar-refractivity contribution in [2.24, 2.45) is 0 Å². The number of anilines is 1. The molecule has 1 N–H and O–H groups in total. The molecular weight excluding hydrogens is 288 g/mol. The monoisotopic (exact) mass is 298 g/mol. The second-order valence-electron chi connectivity index (χ2n) is 4.57. The van der Waals surface area contributed by atoms with Gasteiger partial charge in [-0.2, -0.15) is 0 Å². The van der Waals surface area contributed by atoms with E-state index in [1.54, 1.807) is 9.80 Å². The van der Waals surface area contributed by atoms with Crippen LogP contribution in [0, 0.1) is 10.1 Å². The van der Waals surface area contributed by atoms with Gasteiger partial charge in [-0.25, -0.2) is 14.8 Å². The van der Waals surface area contributed by atoms with Gasteiger partial charge in [-0.15, -0.1) is 0 Å². The standard InChI is InChI=1S/C10H11ClN6O3/c11-8-7(17(19)20)9(14-5-13-8)15-1-2-16-6(4-15)3-12-10(16)18/h5-6H,1-4H2,(H,12,18). The third-order valence-electron chi connectivity index (χ3n) is 3.47. The molecule has 3 rings (SSSR count). The van der Waals surface area contributed by atoms with E-state index < -0.39 is 4.92 Å². The predicted molar refractivity (Wildman–Crippen MR) is 69.8 cm³/mol. The number of halogens is 1. The summed E-state index contributed by atoms with van der Waals surface area (Å²) in [5, 5.41) is 13.7. The molecule has 1 atom stereocenters. The molecule has 3 heterocycles. The van der Waals surface area contributed by atoms with E-state index in [1.807, 2.05) is 0 Å². The van der Waals surface area contributed by atoms with Gasteiger partial charge in [-0.1, -0.05) is 11.6 Å². The van der Waals surface area contributed by atoms with E-state index in [4.69, 9.17) is 11.6 Å². The first kappa shape index (κ1) is 12.9. The van der Waals surface area contributed by atoms with Crippen LogP contribution in [0.15, 0.2) is 6.33 Å². The second-order valence-corrected chi connectivity index (χ2v) is 4.93. The Hall–Kier alpha value is -2.16. The molecule has 2 saturated heterocycles. The summed E-state index contributed by atoms with van der Waals surface area (Å²) in [5.74, 6) is 0.203. The van der Waals surface area contributed by atoms with Crippen LogP contribution >= 0.6 is 11.6 Å². The maximum absolute atomic E-state index is 11.5. The summed E-state index contributed by atoms with van der Waals surface area (Å²) < 4.78 is 0. The van der Waals surface area contributed by atoms with Gasteiger partial charge in [0, 0.05) is 26.2 Å². The third-order valence-corrected chi connectivity index (χ3v) is 3.75. The summed E-state index contributed by atoms with van der Waals surface area (Å²) in [4.78, 5) is 33.2.